The van der Waals surface area contributed by atoms with E-state index >= 15 is 0 Å². The molecule has 184 valence electrons. The Morgan fingerprint density at radius 3 is 2.85 bits per heavy atom. The molecule has 7 heteroatoms. The minimum atomic E-state index is -0.00343. The van der Waals surface area contributed by atoms with E-state index in [0.29, 0.717) is 6.04 Å². The number of phenolic OH excluding ortho intramolecular Hbond substituents is 2. The van der Waals surface area contributed by atoms with Crippen LogP contribution in [0.2, 0.25) is 0 Å². The molecule has 1 aromatic heterocycles. The predicted octanol–water partition coefficient (Wildman–Crippen LogP) is 4.57. The maximum Gasteiger partial charge on any atom is 0.305 e. The summed E-state index contributed by atoms with van der Waals surface area (Å²) in [6.45, 7) is 6.47. The van der Waals surface area contributed by atoms with Gasteiger partial charge >= 0.3 is 4.87 Å². The van der Waals surface area contributed by atoms with Crippen LogP contribution in [0.4, 0.5) is 0 Å². The highest BCUT2D eigenvalue weighted by atomic mass is 32.1. The third kappa shape index (κ3) is 6.20. The largest absolute Gasteiger partial charge is 0.504 e. The average Bonchev–Trinajstić information content (AvgIpc) is 3.21. The quantitative estimate of drug-likeness (QED) is 0.224. The Morgan fingerprint density at radius 2 is 2.00 bits per heavy atom. The van der Waals surface area contributed by atoms with Crippen molar-refractivity contribution < 1.29 is 10.2 Å². The molecule has 0 saturated heterocycles. The second-order valence-electron chi connectivity index (χ2n) is 9.41. The number of hydrogen-bond acceptors (Lipinski definition) is 6. The van der Waals surface area contributed by atoms with Crippen molar-refractivity contribution in [2.75, 3.05) is 26.2 Å². The molecule has 2 aromatic carbocycles. The van der Waals surface area contributed by atoms with Crippen LogP contribution in [0.3, 0.4) is 0 Å². The van der Waals surface area contributed by atoms with Gasteiger partial charge in [0.05, 0.1) is 10.2 Å². The smallest absolute Gasteiger partial charge is 0.305 e. The van der Waals surface area contributed by atoms with Crippen LogP contribution in [0.25, 0.3) is 10.2 Å². The molecular formula is C27H37N3O3S. The number of aromatic hydroxyl groups is 2. The maximum atomic E-state index is 11.5. The van der Waals surface area contributed by atoms with Gasteiger partial charge in [0, 0.05) is 11.6 Å². The van der Waals surface area contributed by atoms with Crippen molar-refractivity contribution in [1.29, 1.82) is 0 Å². The van der Waals surface area contributed by atoms with Gasteiger partial charge in [-0.1, -0.05) is 36.8 Å². The second kappa shape index (κ2) is 11.9. The number of hydrogen-bond donors (Lipinski definition) is 4. The molecule has 4 N–H and O–H groups in total. The number of fused-ring (bicyclic) bond motifs is 2. The van der Waals surface area contributed by atoms with Crippen LogP contribution in [-0.4, -0.2) is 52.3 Å². The first-order chi connectivity index (χ1) is 16.5. The van der Waals surface area contributed by atoms with E-state index in [1.165, 1.54) is 41.7 Å². The van der Waals surface area contributed by atoms with Crippen molar-refractivity contribution in [2.24, 2.45) is 0 Å². The molecule has 1 atom stereocenters. The molecule has 3 aromatic rings. The monoisotopic (exact) mass is 483 g/mol. The van der Waals surface area contributed by atoms with Crippen molar-refractivity contribution >= 4 is 21.6 Å². The van der Waals surface area contributed by atoms with Gasteiger partial charge in [-0.25, -0.2) is 0 Å². The Labute approximate surface area is 205 Å². The van der Waals surface area contributed by atoms with Crippen LogP contribution in [-0.2, 0) is 19.3 Å². The highest BCUT2D eigenvalue weighted by Crippen LogP contribution is 2.36. The van der Waals surface area contributed by atoms with Crippen LogP contribution >= 0.6 is 11.3 Å². The molecule has 6 nitrogen and oxygen atoms in total. The fraction of sp³-hybridized carbons (Fsp3) is 0.519. The third-order valence-corrected chi connectivity index (χ3v) is 7.79. The second-order valence-corrected chi connectivity index (χ2v) is 10.4. The van der Waals surface area contributed by atoms with E-state index in [0.717, 1.165) is 74.1 Å². The van der Waals surface area contributed by atoms with E-state index in [9.17, 15) is 15.0 Å². The lowest BCUT2D eigenvalue weighted by atomic mass is 9.86. The van der Waals surface area contributed by atoms with Gasteiger partial charge in [-0.05, 0) is 100 Å². The van der Waals surface area contributed by atoms with E-state index in [1.807, 2.05) is 12.1 Å². The number of aromatic amines is 1. The Morgan fingerprint density at radius 1 is 1.12 bits per heavy atom. The predicted molar refractivity (Wildman–Crippen MR) is 140 cm³/mol. The summed E-state index contributed by atoms with van der Waals surface area (Å²) in [4.78, 5) is 16.9. The fourth-order valence-corrected chi connectivity index (χ4v) is 5.92. The first-order valence-corrected chi connectivity index (χ1v) is 13.5. The SMILES string of the molecule is CCCN(CCCCCNCCc1ccc2[nH]c(=O)sc2c1)[C@H]1CCc2c(ccc(O)c2O)C1. The molecular weight excluding hydrogens is 446 g/mol. The summed E-state index contributed by atoms with van der Waals surface area (Å²) in [5.41, 5.74) is 4.31. The van der Waals surface area contributed by atoms with Crippen LogP contribution in [0, 0.1) is 0 Å². The van der Waals surface area contributed by atoms with Crippen molar-refractivity contribution in [2.45, 2.75) is 64.3 Å². The average molecular weight is 484 g/mol. The molecule has 1 aliphatic carbocycles. The lowest BCUT2D eigenvalue weighted by Gasteiger charge is -2.35. The lowest BCUT2D eigenvalue weighted by Crippen LogP contribution is -2.40. The normalized spacial score (nSPS) is 15.8. The summed E-state index contributed by atoms with van der Waals surface area (Å²) in [5, 5.41) is 23.5. The van der Waals surface area contributed by atoms with E-state index in [4.69, 9.17) is 0 Å². The molecule has 34 heavy (non-hydrogen) atoms. The van der Waals surface area contributed by atoms with Crippen molar-refractivity contribution in [3.05, 3.63) is 56.7 Å². The first-order valence-electron chi connectivity index (χ1n) is 12.6. The summed E-state index contributed by atoms with van der Waals surface area (Å²) >= 11 is 1.28. The van der Waals surface area contributed by atoms with Crippen molar-refractivity contribution in [1.82, 2.24) is 15.2 Å². The van der Waals surface area contributed by atoms with Gasteiger partial charge in [0.25, 0.3) is 0 Å². The maximum absolute atomic E-state index is 11.5. The number of thiazole rings is 1. The summed E-state index contributed by atoms with van der Waals surface area (Å²) in [5.74, 6) is 0.0731. The molecule has 0 aliphatic heterocycles. The number of aromatic nitrogens is 1. The molecule has 0 amide bonds. The van der Waals surface area contributed by atoms with E-state index in [1.54, 1.807) is 6.07 Å². The van der Waals surface area contributed by atoms with E-state index < -0.39 is 0 Å². The minimum absolute atomic E-state index is 0.00343. The van der Waals surface area contributed by atoms with Crippen molar-refractivity contribution in [3.63, 3.8) is 0 Å². The number of phenols is 2. The minimum Gasteiger partial charge on any atom is -0.504 e. The number of rotatable bonds is 12. The summed E-state index contributed by atoms with van der Waals surface area (Å²) < 4.78 is 1.04. The fourth-order valence-electron chi connectivity index (χ4n) is 5.12. The molecule has 0 unspecified atom stereocenters. The molecule has 0 bridgehead atoms. The van der Waals surface area contributed by atoms with Gasteiger partial charge in [0.1, 0.15) is 0 Å². The van der Waals surface area contributed by atoms with Gasteiger partial charge in [-0.2, -0.15) is 0 Å². The zero-order chi connectivity index (χ0) is 23.9. The van der Waals surface area contributed by atoms with Gasteiger partial charge < -0.3 is 25.4 Å². The molecule has 0 spiro atoms. The Kier molecular flexibility index (Phi) is 8.64. The third-order valence-electron chi connectivity index (χ3n) is 6.94. The Balaban J connectivity index is 1.14. The number of nitrogens with one attached hydrogen (secondary N) is 2. The van der Waals surface area contributed by atoms with E-state index in [2.05, 4.69) is 34.3 Å². The molecule has 0 fully saturated rings. The zero-order valence-corrected chi connectivity index (χ0v) is 20.9. The number of benzene rings is 2. The molecule has 0 radical (unpaired) electrons. The van der Waals surface area contributed by atoms with Crippen LogP contribution in [0.15, 0.2) is 35.1 Å². The summed E-state index contributed by atoms with van der Waals surface area (Å²) in [6.07, 6.45) is 8.55. The van der Waals surface area contributed by atoms with Gasteiger partial charge in [-0.15, -0.1) is 0 Å². The van der Waals surface area contributed by atoms with Crippen molar-refractivity contribution in [3.8, 4) is 11.5 Å². The molecule has 4 rings (SSSR count). The van der Waals surface area contributed by atoms with Gasteiger partial charge in [0.2, 0.25) is 0 Å². The first kappa shape index (κ1) is 24.8. The number of nitrogens with zero attached hydrogens (tertiary/aromatic N) is 1. The summed E-state index contributed by atoms with van der Waals surface area (Å²) in [7, 11) is 0. The topological polar surface area (TPSA) is 88.6 Å². The standard InChI is InChI=1S/C27H37N3O3S/c1-2-15-30(21-8-9-22-20(18-21)7-11-24(31)26(22)32)16-5-3-4-13-28-14-12-19-6-10-23-25(17-19)34-27(33)29-23/h6-7,10-11,17,21,28,31-32H,2-5,8-9,12-16,18H2,1H3,(H,29,33)/t21-/m0/s1. The highest BCUT2D eigenvalue weighted by Gasteiger charge is 2.26. The van der Waals surface area contributed by atoms with Gasteiger partial charge in [-0.3, -0.25) is 4.79 Å². The van der Waals surface area contributed by atoms with Gasteiger partial charge in [0.15, 0.2) is 11.5 Å². The zero-order valence-electron chi connectivity index (χ0n) is 20.1. The number of H-pyrrole nitrogens is 1. The van der Waals surface area contributed by atoms with Crippen LogP contribution in [0.1, 0.15) is 55.7 Å². The van der Waals surface area contributed by atoms with Crippen LogP contribution < -0.4 is 10.2 Å². The molecule has 1 aliphatic rings. The highest BCUT2D eigenvalue weighted by molar-refractivity contribution is 7.16. The molecule has 1 heterocycles. The lowest BCUT2D eigenvalue weighted by molar-refractivity contribution is 0.175. The van der Waals surface area contributed by atoms with Crippen LogP contribution in [0.5, 0.6) is 11.5 Å². The number of unbranched alkanes of at least 4 members (excludes halogenated alkanes) is 2. The Bertz CT molecular complexity index is 1140. The molecule has 0 saturated carbocycles. The summed E-state index contributed by atoms with van der Waals surface area (Å²) in [6, 6.07) is 10.3. The Hall–Kier alpha value is -2.35. The van der Waals surface area contributed by atoms with E-state index in [-0.39, 0.29) is 16.4 Å².